The van der Waals surface area contributed by atoms with E-state index in [1.807, 2.05) is 30.3 Å². The van der Waals surface area contributed by atoms with Crippen LogP contribution in [-0.4, -0.2) is 27.1 Å². The highest BCUT2D eigenvalue weighted by Gasteiger charge is 2.37. The van der Waals surface area contributed by atoms with E-state index in [4.69, 9.17) is 21.1 Å². The van der Waals surface area contributed by atoms with E-state index >= 15 is 0 Å². The van der Waals surface area contributed by atoms with Crippen molar-refractivity contribution < 1.29 is 17.9 Å². The number of nitrogens with zero attached hydrogens (tertiary/aromatic N) is 1. The van der Waals surface area contributed by atoms with Gasteiger partial charge in [-0.15, -0.1) is 4.41 Å². The van der Waals surface area contributed by atoms with E-state index in [0.717, 1.165) is 5.56 Å². The Morgan fingerprint density at radius 2 is 1.58 bits per heavy atom. The molecule has 0 bridgehead atoms. The molecule has 0 saturated heterocycles. The van der Waals surface area contributed by atoms with Crippen molar-refractivity contribution in [2.24, 2.45) is 0 Å². The zero-order valence-electron chi connectivity index (χ0n) is 16.9. The molecule has 1 aliphatic heterocycles. The molecule has 0 unspecified atom stereocenters. The molecular weight excluding hydrogens is 436 g/mol. The Morgan fingerprint density at radius 3 is 2.26 bits per heavy atom. The Kier molecular flexibility index (Phi) is 5.91. The Labute approximate surface area is 186 Å². The summed E-state index contributed by atoms with van der Waals surface area (Å²) in [4.78, 5) is 0.182. The van der Waals surface area contributed by atoms with Gasteiger partial charge in [0.2, 0.25) is 0 Å². The normalized spacial score (nSPS) is 16.5. The van der Waals surface area contributed by atoms with Crippen LogP contribution in [0.3, 0.4) is 0 Å². The van der Waals surface area contributed by atoms with Gasteiger partial charge < -0.3 is 14.9 Å². The minimum atomic E-state index is -3.87. The molecule has 1 heterocycles. The van der Waals surface area contributed by atoms with Crippen LogP contribution in [0.4, 0.5) is 0 Å². The van der Waals surface area contributed by atoms with Gasteiger partial charge in [-0.1, -0.05) is 48.0 Å². The molecule has 1 N–H and O–H groups in total. The molecule has 0 aromatic heterocycles. The summed E-state index contributed by atoms with van der Waals surface area (Å²) in [5.74, 6) is 1.13. The third-order valence-corrected chi connectivity index (χ3v) is 7.07. The standard InChI is InChI=1S/C23H21ClN2O4S/c1-29-22-13-12-16(14-23(22)30-2)20-15-21(18-10-6-7-11-19(18)24)26(25-20)31(27,28)17-8-4-3-5-9-17/h3-15,21,25H,1-2H3/t21-/m1/s1. The van der Waals surface area contributed by atoms with E-state index in [-0.39, 0.29) is 4.90 Å². The number of methoxy groups -OCH3 is 2. The van der Waals surface area contributed by atoms with E-state index in [2.05, 4.69) is 5.43 Å². The monoisotopic (exact) mass is 456 g/mol. The number of rotatable bonds is 6. The summed E-state index contributed by atoms with van der Waals surface area (Å²) in [5.41, 5.74) is 5.10. The highest BCUT2D eigenvalue weighted by atomic mass is 35.5. The van der Waals surface area contributed by atoms with Crippen molar-refractivity contribution in [2.75, 3.05) is 14.2 Å². The molecular formula is C23H21ClN2O4S. The van der Waals surface area contributed by atoms with E-state index in [0.29, 0.717) is 27.8 Å². The summed E-state index contributed by atoms with van der Waals surface area (Å²) >= 11 is 6.43. The minimum absolute atomic E-state index is 0.182. The van der Waals surface area contributed by atoms with Crippen molar-refractivity contribution in [3.63, 3.8) is 0 Å². The van der Waals surface area contributed by atoms with Crippen LogP contribution in [-0.2, 0) is 10.0 Å². The minimum Gasteiger partial charge on any atom is -0.493 e. The first-order valence-corrected chi connectivity index (χ1v) is 11.3. The molecule has 0 aliphatic carbocycles. The molecule has 1 atom stereocenters. The lowest BCUT2D eigenvalue weighted by Gasteiger charge is -2.25. The van der Waals surface area contributed by atoms with E-state index in [1.165, 1.54) is 4.41 Å². The van der Waals surface area contributed by atoms with Gasteiger partial charge in [0.25, 0.3) is 10.0 Å². The molecule has 0 amide bonds. The van der Waals surface area contributed by atoms with Gasteiger partial charge in [-0.25, -0.2) is 8.42 Å². The number of sulfonamides is 1. The van der Waals surface area contributed by atoms with Crippen LogP contribution in [0.15, 0.2) is 83.8 Å². The van der Waals surface area contributed by atoms with Gasteiger partial charge in [-0.2, -0.15) is 0 Å². The number of hydrazine groups is 1. The molecule has 1 aliphatic rings. The largest absolute Gasteiger partial charge is 0.493 e. The fourth-order valence-corrected chi connectivity index (χ4v) is 5.13. The molecule has 0 radical (unpaired) electrons. The predicted molar refractivity (Wildman–Crippen MR) is 120 cm³/mol. The maximum absolute atomic E-state index is 13.5. The first-order valence-electron chi connectivity index (χ1n) is 9.50. The predicted octanol–water partition coefficient (Wildman–Crippen LogP) is 4.65. The Morgan fingerprint density at radius 1 is 0.903 bits per heavy atom. The molecule has 160 valence electrons. The summed E-state index contributed by atoms with van der Waals surface area (Å²) in [6.07, 6.45) is 1.84. The molecule has 0 saturated carbocycles. The number of halogens is 1. The highest BCUT2D eigenvalue weighted by Crippen LogP contribution is 2.39. The third kappa shape index (κ3) is 3.99. The summed E-state index contributed by atoms with van der Waals surface area (Å²) in [6, 6.07) is 20.2. The second-order valence-corrected chi connectivity index (χ2v) is 9.06. The lowest BCUT2D eigenvalue weighted by molar-refractivity contribution is 0.347. The van der Waals surface area contributed by atoms with Crippen LogP contribution in [0.25, 0.3) is 5.70 Å². The second kappa shape index (κ2) is 8.63. The Bertz CT molecular complexity index is 1230. The van der Waals surface area contributed by atoms with Crippen LogP contribution < -0.4 is 14.9 Å². The van der Waals surface area contributed by atoms with E-state index < -0.39 is 16.1 Å². The summed E-state index contributed by atoms with van der Waals surface area (Å²) in [6.45, 7) is 0. The van der Waals surface area contributed by atoms with Crippen LogP contribution in [0.1, 0.15) is 17.2 Å². The SMILES string of the molecule is COc1ccc(C2=C[C@H](c3ccccc3Cl)N(S(=O)(=O)c3ccccc3)N2)cc1OC. The highest BCUT2D eigenvalue weighted by molar-refractivity contribution is 7.89. The Balaban J connectivity index is 1.81. The molecule has 8 heteroatoms. The van der Waals surface area contributed by atoms with Crippen molar-refractivity contribution in [3.8, 4) is 11.5 Å². The Hall–Kier alpha value is -3.00. The number of benzene rings is 3. The fraction of sp³-hybridized carbons (Fsp3) is 0.130. The number of ether oxygens (including phenoxy) is 2. The van der Waals surface area contributed by atoms with Gasteiger partial charge in [0.15, 0.2) is 11.5 Å². The number of nitrogens with one attached hydrogen (secondary N) is 1. The molecule has 0 spiro atoms. The number of hydrogen-bond acceptors (Lipinski definition) is 5. The smallest absolute Gasteiger partial charge is 0.260 e. The van der Waals surface area contributed by atoms with E-state index in [9.17, 15) is 8.42 Å². The van der Waals surface area contributed by atoms with Crippen LogP contribution in [0.5, 0.6) is 11.5 Å². The second-order valence-electron chi connectivity index (χ2n) is 6.84. The summed E-state index contributed by atoms with van der Waals surface area (Å²) in [5, 5.41) is 0.479. The van der Waals surface area contributed by atoms with Gasteiger partial charge in [0, 0.05) is 10.6 Å². The molecule has 3 aromatic carbocycles. The fourth-order valence-electron chi connectivity index (χ4n) is 3.46. The average Bonchev–Trinajstić information content (AvgIpc) is 3.25. The molecule has 4 rings (SSSR count). The number of hydrogen-bond donors (Lipinski definition) is 1. The maximum Gasteiger partial charge on any atom is 0.260 e. The quantitative estimate of drug-likeness (QED) is 0.584. The van der Waals surface area contributed by atoms with Gasteiger partial charge in [-0.05, 0) is 48.0 Å². The van der Waals surface area contributed by atoms with Crippen LogP contribution in [0.2, 0.25) is 5.02 Å². The lowest BCUT2D eigenvalue weighted by Crippen LogP contribution is -2.39. The van der Waals surface area contributed by atoms with Gasteiger partial charge in [0.05, 0.1) is 30.9 Å². The van der Waals surface area contributed by atoms with Crippen LogP contribution >= 0.6 is 11.6 Å². The van der Waals surface area contributed by atoms with Crippen molar-refractivity contribution in [1.29, 1.82) is 0 Å². The van der Waals surface area contributed by atoms with Gasteiger partial charge in [-0.3, -0.25) is 0 Å². The zero-order chi connectivity index (χ0) is 22.0. The third-order valence-electron chi connectivity index (χ3n) is 5.03. The van der Waals surface area contributed by atoms with Gasteiger partial charge in [0.1, 0.15) is 0 Å². The van der Waals surface area contributed by atoms with Crippen molar-refractivity contribution >= 4 is 27.3 Å². The molecule has 3 aromatic rings. The molecule has 31 heavy (non-hydrogen) atoms. The van der Waals surface area contributed by atoms with Crippen molar-refractivity contribution in [1.82, 2.24) is 9.84 Å². The zero-order valence-corrected chi connectivity index (χ0v) is 18.5. The van der Waals surface area contributed by atoms with Crippen LogP contribution in [0, 0.1) is 0 Å². The molecule has 0 fully saturated rings. The first kappa shape index (κ1) is 21.2. The van der Waals surface area contributed by atoms with Crippen molar-refractivity contribution in [2.45, 2.75) is 10.9 Å². The average molecular weight is 457 g/mol. The molecule has 6 nitrogen and oxygen atoms in total. The maximum atomic E-state index is 13.5. The topological polar surface area (TPSA) is 67.9 Å². The first-order chi connectivity index (χ1) is 15.0. The lowest BCUT2D eigenvalue weighted by atomic mass is 10.1. The van der Waals surface area contributed by atoms with Gasteiger partial charge >= 0.3 is 0 Å². The van der Waals surface area contributed by atoms with E-state index in [1.54, 1.807) is 62.8 Å². The summed E-state index contributed by atoms with van der Waals surface area (Å²) in [7, 11) is -0.753. The summed E-state index contributed by atoms with van der Waals surface area (Å²) < 4.78 is 38.9. The van der Waals surface area contributed by atoms with Crippen molar-refractivity contribution in [3.05, 3.63) is 95.0 Å².